The van der Waals surface area contributed by atoms with Gasteiger partial charge in [-0.25, -0.2) is 0 Å². The van der Waals surface area contributed by atoms with Gasteiger partial charge in [0.25, 0.3) is 0 Å². The SMILES string of the molecule is CC/C=C\C/C=C\C/C=C\C/C=C\C/C=C\CCCCCCCCCCCCCCCCCCCCCCCCCC(=O)OC(COC(=O)CCCCCCCCCCCCCC/C=C\C/C=C\C/C=C\CCCCCCC)COC(OCC[N+](C)(C)C)C(=O)[O-]. The van der Waals surface area contributed by atoms with Gasteiger partial charge in [-0.15, -0.1) is 0 Å². The largest absolute Gasteiger partial charge is 0.545 e. The third-order valence-corrected chi connectivity index (χ3v) is 16.8. The van der Waals surface area contributed by atoms with Crippen molar-refractivity contribution >= 4 is 17.9 Å². The number of carbonyl (C=O) groups is 3. The van der Waals surface area contributed by atoms with E-state index in [1.807, 2.05) is 21.1 Å². The number of aliphatic carboxylic acids is 1. The molecular formula is C82H145NO8. The molecule has 0 aromatic heterocycles. The van der Waals surface area contributed by atoms with Crippen molar-refractivity contribution in [3.05, 3.63) is 97.2 Å². The molecule has 91 heavy (non-hydrogen) atoms. The first-order valence-electron chi connectivity index (χ1n) is 38.4. The molecule has 0 aromatic carbocycles. The van der Waals surface area contributed by atoms with E-state index in [1.54, 1.807) is 0 Å². The molecule has 0 aliphatic carbocycles. The van der Waals surface area contributed by atoms with Gasteiger partial charge in [0.2, 0.25) is 0 Å². The summed E-state index contributed by atoms with van der Waals surface area (Å²) in [6.07, 6.45) is 96.6. The molecule has 0 fully saturated rings. The summed E-state index contributed by atoms with van der Waals surface area (Å²) in [4.78, 5) is 37.6. The molecule has 9 nitrogen and oxygen atoms in total. The van der Waals surface area contributed by atoms with Gasteiger partial charge in [-0.1, -0.05) is 336 Å². The fourth-order valence-electron chi connectivity index (χ4n) is 11.0. The van der Waals surface area contributed by atoms with Gasteiger partial charge < -0.3 is 33.3 Å². The van der Waals surface area contributed by atoms with Crippen molar-refractivity contribution in [3.8, 4) is 0 Å². The average molecular weight is 1270 g/mol. The highest BCUT2D eigenvalue weighted by molar-refractivity contribution is 5.70. The number of esters is 2. The molecule has 0 heterocycles. The standard InChI is InChI=1S/C82H145NO8/c1-6-8-10-12-14-16-18-20-22-24-26-28-30-32-34-35-36-37-38-39-40-41-42-43-44-45-47-49-51-53-55-57-59-61-63-65-67-69-71-73-80(85)91-78(77-90-82(81(86)87)88-75-74-83(3,4)5)76-89-79(84)72-70-68-66-64-62-60-58-56-54-52-50-48-46-33-31-29-27-25-23-21-19-17-15-13-11-9-7-2/h8,10,14,16,19-22,25-28,31-34,78,82H,6-7,9,11-13,15,17-18,23-24,29-30,35-77H2,1-5H3/b10-8-,16-14-,21-19-,22-20-,27-25-,28-26-,33-31-,34-32-. The molecule has 2 unspecified atom stereocenters. The number of unbranched alkanes of at least 4 members (excludes halogenated alkanes) is 40. The molecule has 2 atom stereocenters. The van der Waals surface area contributed by atoms with Crippen molar-refractivity contribution in [1.29, 1.82) is 0 Å². The third-order valence-electron chi connectivity index (χ3n) is 16.8. The van der Waals surface area contributed by atoms with Crippen LogP contribution >= 0.6 is 0 Å². The minimum atomic E-state index is -1.62. The van der Waals surface area contributed by atoms with E-state index >= 15 is 0 Å². The van der Waals surface area contributed by atoms with Gasteiger partial charge in [0.1, 0.15) is 13.2 Å². The number of hydrogen-bond donors (Lipinski definition) is 0. The zero-order chi connectivity index (χ0) is 66.1. The Kier molecular flexibility index (Phi) is 69.0. The second kappa shape index (κ2) is 72.0. The van der Waals surface area contributed by atoms with Gasteiger partial charge >= 0.3 is 11.9 Å². The monoisotopic (exact) mass is 1270 g/mol. The van der Waals surface area contributed by atoms with E-state index in [-0.39, 0.29) is 38.6 Å². The number of likely N-dealkylation sites (N-methyl/N-ethyl adjacent to an activating group) is 1. The molecule has 526 valence electrons. The van der Waals surface area contributed by atoms with Crippen LogP contribution in [0.1, 0.15) is 348 Å². The summed E-state index contributed by atoms with van der Waals surface area (Å²) in [5.74, 6) is -2.27. The Bertz CT molecular complexity index is 1820. The topological polar surface area (TPSA) is 111 Å². The predicted octanol–water partition coefficient (Wildman–Crippen LogP) is 23.0. The molecule has 0 rings (SSSR count). The lowest BCUT2D eigenvalue weighted by molar-refractivity contribution is -0.870. The fourth-order valence-corrected chi connectivity index (χ4v) is 11.0. The van der Waals surface area contributed by atoms with E-state index in [0.717, 1.165) is 77.0 Å². The number of carboxylic acid groups (broad SMARTS) is 1. The lowest BCUT2D eigenvalue weighted by atomic mass is 10.0. The Morgan fingerprint density at radius 1 is 0.341 bits per heavy atom. The molecular weight excluding hydrogens is 1130 g/mol. The zero-order valence-corrected chi connectivity index (χ0v) is 60.2. The molecule has 0 amide bonds. The normalized spacial score (nSPS) is 13.2. The first-order valence-corrected chi connectivity index (χ1v) is 38.4. The summed E-state index contributed by atoms with van der Waals surface area (Å²) in [6, 6.07) is 0. The number of carboxylic acids is 1. The second-order valence-corrected chi connectivity index (χ2v) is 26.9. The Hall–Kier alpha value is -3.79. The number of nitrogens with zero attached hydrogens (tertiary/aromatic N) is 1. The van der Waals surface area contributed by atoms with Crippen molar-refractivity contribution in [3.63, 3.8) is 0 Å². The number of hydrogen-bond acceptors (Lipinski definition) is 8. The molecule has 0 radical (unpaired) electrons. The molecule has 0 aliphatic rings. The van der Waals surface area contributed by atoms with Gasteiger partial charge in [0, 0.05) is 12.8 Å². The molecule has 0 N–H and O–H groups in total. The predicted molar refractivity (Wildman–Crippen MR) is 389 cm³/mol. The Morgan fingerprint density at radius 2 is 0.626 bits per heavy atom. The van der Waals surface area contributed by atoms with E-state index < -0.39 is 24.3 Å². The highest BCUT2D eigenvalue weighted by Gasteiger charge is 2.22. The van der Waals surface area contributed by atoms with Crippen LogP contribution in [0.5, 0.6) is 0 Å². The van der Waals surface area contributed by atoms with Crippen LogP contribution in [0.2, 0.25) is 0 Å². The third kappa shape index (κ3) is 73.5. The van der Waals surface area contributed by atoms with E-state index in [4.69, 9.17) is 18.9 Å². The molecule has 0 saturated carbocycles. The van der Waals surface area contributed by atoms with Crippen molar-refractivity contribution in [2.75, 3.05) is 47.5 Å². The number of ether oxygens (including phenoxy) is 4. The van der Waals surface area contributed by atoms with Crippen LogP contribution in [-0.4, -0.2) is 82.3 Å². The Labute approximate surface area is 562 Å². The molecule has 0 aliphatic heterocycles. The van der Waals surface area contributed by atoms with Gasteiger partial charge in [-0.2, -0.15) is 0 Å². The molecule has 0 bridgehead atoms. The van der Waals surface area contributed by atoms with Crippen LogP contribution in [0.25, 0.3) is 0 Å². The van der Waals surface area contributed by atoms with Crippen LogP contribution in [-0.2, 0) is 33.3 Å². The second-order valence-electron chi connectivity index (χ2n) is 26.9. The lowest BCUT2D eigenvalue weighted by Crippen LogP contribution is -2.44. The summed E-state index contributed by atoms with van der Waals surface area (Å²) in [5, 5.41) is 11.8. The summed E-state index contributed by atoms with van der Waals surface area (Å²) in [7, 11) is 5.94. The fraction of sp³-hybridized carbons (Fsp3) is 0.768. The van der Waals surface area contributed by atoms with E-state index in [1.165, 1.54) is 238 Å². The van der Waals surface area contributed by atoms with Crippen LogP contribution in [0.3, 0.4) is 0 Å². The first-order chi connectivity index (χ1) is 44.6. The van der Waals surface area contributed by atoms with Crippen molar-refractivity contribution in [1.82, 2.24) is 0 Å². The molecule has 0 spiro atoms. The summed E-state index contributed by atoms with van der Waals surface area (Å²) >= 11 is 0. The van der Waals surface area contributed by atoms with Crippen LogP contribution in [0.15, 0.2) is 97.2 Å². The van der Waals surface area contributed by atoms with Crippen LogP contribution < -0.4 is 5.11 Å². The summed E-state index contributed by atoms with van der Waals surface area (Å²) < 4.78 is 22.9. The van der Waals surface area contributed by atoms with Gasteiger partial charge in [0.15, 0.2) is 12.4 Å². The van der Waals surface area contributed by atoms with Crippen molar-refractivity contribution in [2.24, 2.45) is 0 Å². The Balaban J connectivity index is 4.01. The van der Waals surface area contributed by atoms with Gasteiger partial charge in [-0.05, 0) is 96.3 Å². The van der Waals surface area contributed by atoms with Gasteiger partial charge in [-0.3, -0.25) is 9.59 Å². The van der Waals surface area contributed by atoms with Crippen LogP contribution in [0.4, 0.5) is 0 Å². The maximum Gasteiger partial charge on any atom is 0.306 e. The molecule has 0 aromatic rings. The van der Waals surface area contributed by atoms with E-state index in [0.29, 0.717) is 17.4 Å². The smallest absolute Gasteiger partial charge is 0.306 e. The average Bonchev–Trinajstić information content (AvgIpc) is 3.46. The maximum atomic E-state index is 13.0. The van der Waals surface area contributed by atoms with E-state index in [9.17, 15) is 19.5 Å². The number of carbonyl (C=O) groups excluding carboxylic acids is 3. The highest BCUT2D eigenvalue weighted by atomic mass is 16.7. The number of allylic oxidation sites excluding steroid dienone is 16. The van der Waals surface area contributed by atoms with Gasteiger partial charge in [0.05, 0.1) is 40.3 Å². The number of rotatable bonds is 71. The minimum absolute atomic E-state index is 0.147. The van der Waals surface area contributed by atoms with Crippen molar-refractivity contribution < 1.29 is 42.9 Å². The summed E-state index contributed by atoms with van der Waals surface area (Å²) in [6.45, 7) is 4.66. The zero-order valence-electron chi connectivity index (χ0n) is 60.2. The Morgan fingerprint density at radius 3 is 0.934 bits per heavy atom. The molecule has 0 saturated heterocycles. The van der Waals surface area contributed by atoms with Crippen molar-refractivity contribution in [2.45, 2.75) is 360 Å². The van der Waals surface area contributed by atoms with E-state index in [2.05, 4.69) is 111 Å². The minimum Gasteiger partial charge on any atom is -0.545 e. The lowest BCUT2D eigenvalue weighted by Gasteiger charge is -2.26. The molecule has 9 heteroatoms. The quantitative estimate of drug-likeness (QED) is 0.0195. The van der Waals surface area contributed by atoms with Crippen LogP contribution in [0, 0.1) is 0 Å². The highest BCUT2D eigenvalue weighted by Crippen LogP contribution is 2.18. The maximum absolute atomic E-state index is 13.0. The summed E-state index contributed by atoms with van der Waals surface area (Å²) in [5.41, 5.74) is 0. The first kappa shape index (κ1) is 87.2. The number of quaternary nitrogens is 1.